The lowest BCUT2D eigenvalue weighted by Gasteiger charge is -2.57. The van der Waals surface area contributed by atoms with Gasteiger partial charge >= 0.3 is 0 Å². The Labute approximate surface area is 219 Å². The molecule has 5 aliphatic heterocycles. The highest BCUT2D eigenvalue weighted by molar-refractivity contribution is 5.13. The minimum absolute atomic E-state index is 0.0547. The molecule has 2 aliphatic carbocycles. The third-order valence-corrected chi connectivity index (χ3v) is 12.9. The van der Waals surface area contributed by atoms with Crippen molar-refractivity contribution in [1.29, 1.82) is 0 Å². The summed E-state index contributed by atoms with van der Waals surface area (Å²) in [5, 5.41) is 0. The predicted molar refractivity (Wildman–Crippen MR) is 140 cm³/mol. The van der Waals surface area contributed by atoms with Crippen molar-refractivity contribution in [2.24, 2.45) is 65.1 Å². The van der Waals surface area contributed by atoms with E-state index in [9.17, 15) is 0 Å². The highest BCUT2D eigenvalue weighted by Crippen LogP contribution is 2.59. The van der Waals surface area contributed by atoms with Crippen molar-refractivity contribution < 1.29 is 18.9 Å². The third kappa shape index (κ3) is 3.67. The molecule has 5 saturated heterocycles. The third-order valence-electron chi connectivity index (χ3n) is 12.9. The molecule has 0 N–H and O–H groups in total. The molecule has 0 amide bonds. The summed E-state index contributed by atoms with van der Waals surface area (Å²) in [4.78, 5) is 0. The van der Waals surface area contributed by atoms with Crippen molar-refractivity contribution in [2.75, 3.05) is 0 Å². The molecule has 17 unspecified atom stereocenters. The van der Waals surface area contributed by atoms with Crippen LogP contribution in [0.5, 0.6) is 0 Å². The first-order valence-corrected chi connectivity index (χ1v) is 15.6. The van der Waals surface area contributed by atoms with Crippen LogP contribution in [0.25, 0.3) is 0 Å². The monoisotopic (exact) mass is 498 g/mol. The van der Waals surface area contributed by atoms with E-state index in [0.717, 1.165) is 24.7 Å². The number of hydrogen-bond donors (Lipinski definition) is 0. The van der Waals surface area contributed by atoms with Crippen LogP contribution in [0.2, 0.25) is 0 Å². The topological polar surface area (TPSA) is 36.9 Å². The molecule has 17 atom stereocenters. The van der Waals surface area contributed by atoms with E-state index in [1.807, 2.05) is 0 Å². The van der Waals surface area contributed by atoms with Crippen molar-refractivity contribution in [1.82, 2.24) is 0 Å². The lowest BCUT2D eigenvalue weighted by Crippen LogP contribution is -2.58. The Morgan fingerprint density at radius 1 is 0.583 bits per heavy atom. The standard InChI is InChI=1S/C32H50O4/c1-15-7-9-23-20(6)30-16(2)13-27-19(5)25-14-24(26-12-11-21(15)28(23)32(34-26)36-30)18(4)22-10-8-17(3)33-31(35-27)29(22)25/h15,17-32H,2,7-14H2,1,3-6H3. The lowest BCUT2D eigenvalue weighted by atomic mass is 9.55. The summed E-state index contributed by atoms with van der Waals surface area (Å²) >= 11 is 0. The molecular formula is C32H50O4. The number of rotatable bonds is 0. The van der Waals surface area contributed by atoms with E-state index in [4.69, 9.17) is 18.9 Å². The minimum Gasteiger partial charge on any atom is -0.349 e. The average Bonchev–Trinajstić information content (AvgIpc) is 3.14. The number of ether oxygens (including phenoxy) is 4. The maximum Gasteiger partial charge on any atom is 0.162 e. The average molecular weight is 499 g/mol. The van der Waals surface area contributed by atoms with Crippen molar-refractivity contribution in [3.8, 4) is 0 Å². The van der Waals surface area contributed by atoms with Gasteiger partial charge in [-0.1, -0.05) is 40.7 Å². The summed E-state index contributed by atoms with van der Waals surface area (Å²) in [6.07, 6.45) is 10.5. The fraction of sp³-hybridized carbons (Fsp3) is 0.938. The Morgan fingerprint density at radius 2 is 1.25 bits per heavy atom. The zero-order valence-electron chi connectivity index (χ0n) is 23.3. The maximum atomic E-state index is 7.24. The summed E-state index contributed by atoms with van der Waals surface area (Å²) in [7, 11) is 0. The quantitative estimate of drug-likeness (QED) is 0.343. The van der Waals surface area contributed by atoms with E-state index in [1.165, 1.54) is 44.1 Å². The van der Waals surface area contributed by atoms with Crippen LogP contribution in [0.15, 0.2) is 12.2 Å². The molecule has 2 saturated carbocycles. The maximum absolute atomic E-state index is 7.24. The van der Waals surface area contributed by atoms with Crippen LogP contribution < -0.4 is 0 Å². The Bertz CT molecular complexity index is 857. The molecule has 0 radical (unpaired) electrons. The van der Waals surface area contributed by atoms with Crippen molar-refractivity contribution in [3.05, 3.63) is 12.2 Å². The minimum atomic E-state index is -0.0604. The van der Waals surface area contributed by atoms with Gasteiger partial charge in [0, 0.05) is 11.8 Å². The summed E-state index contributed by atoms with van der Waals surface area (Å²) < 4.78 is 27.8. The van der Waals surface area contributed by atoms with Gasteiger partial charge in [0.2, 0.25) is 0 Å². The van der Waals surface area contributed by atoms with Gasteiger partial charge in [-0.15, -0.1) is 0 Å². The van der Waals surface area contributed by atoms with E-state index in [-0.39, 0.29) is 30.9 Å². The fourth-order valence-electron chi connectivity index (χ4n) is 10.8. The van der Waals surface area contributed by atoms with Gasteiger partial charge < -0.3 is 18.9 Å². The summed E-state index contributed by atoms with van der Waals surface area (Å²) in [6.45, 7) is 16.9. The second-order valence-corrected chi connectivity index (χ2v) is 14.4. The van der Waals surface area contributed by atoms with Crippen LogP contribution in [0.3, 0.4) is 0 Å². The fourth-order valence-corrected chi connectivity index (χ4v) is 10.8. The molecule has 7 aliphatic rings. The van der Waals surface area contributed by atoms with E-state index in [1.54, 1.807) is 0 Å². The van der Waals surface area contributed by atoms with Gasteiger partial charge in [-0.25, -0.2) is 0 Å². The Hall–Kier alpha value is -0.420. The summed E-state index contributed by atoms with van der Waals surface area (Å²) in [6, 6.07) is 0. The van der Waals surface area contributed by atoms with Crippen LogP contribution in [0, 0.1) is 65.1 Å². The largest absolute Gasteiger partial charge is 0.349 e. The zero-order chi connectivity index (χ0) is 24.9. The van der Waals surface area contributed by atoms with E-state index >= 15 is 0 Å². The van der Waals surface area contributed by atoms with Crippen molar-refractivity contribution in [2.45, 2.75) is 123 Å². The van der Waals surface area contributed by atoms with Gasteiger partial charge in [-0.3, -0.25) is 0 Å². The first-order valence-electron chi connectivity index (χ1n) is 15.6. The zero-order valence-corrected chi connectivity index (χ0v) is 23.3. The molecule has 0 aromatic rings. The first-order chi connectivity index (χ1) is 17.3. The molecule has 4 heteroatoms. The summed E-state index contributed by atoms with van der Waals surface area (Å²) in [5.41, 5.74) is 1.23. The van der Waals surface area contributed by atoms with Gasteiger partial charge in [0.1, 0.15) is 0 Å². The highest BCUT2D eigenvalue weighted by Gasteiger charge is 2.59. The van der Waals surface area contributed by atoms with Crippen LogP contribution >= 0.6 is 0 Å². The Balaban J connectivity index is 1.32. The van der Waals surface area contributed by atoms with Crippen LogP contribution in [-0.4, -0.2) is 37.0 Å². The lowest BCUT2D eigenvalue weighted by molar-refractivity contribution is -0.303. The van der Waals surface area contributed by atoms with Crippen molar-refractivity contribution >= 4 is 0 Å². The van der Waals surface area contributed by atoms with Gasteiger partial charge in [0.15, 0.2) is 12.6 Å². The van der Waals surface area contributed by atoms with Gasteiger partial charge in [-0.05, 0) is 111 Å². The van der Waals surface area contributed by atoms with Crippen LogP contribution in [0.4, 0.5) is 0 Å². The van der Waals surface area contributed by atoms with Crippen LogP contribution in [-0.2, 0) is 18.9 Å². The molecule has 0 spiro atoms. The second kappa shape index (κ2) is 9.07. The number of hydrogen-bond acceptors (Lipinski definition) is 4. The molecule has 6 bridgehead atoms. The molecule has 0 aromatic heterocycles. The molecule has 4 nitrogen and oxygen atoms in total. The highest BCUT2D eigenvalue weighted by atomic mass is 16.7. The van der Waals surface area contributed by atoms with E-state index in [0.29, 0.717) is 59.4 Å². The van der Waals surface area contributed by atoms with Crippen LogP contribution in [0.1, 0.15) is 86.0 Å². The Kier molecular flexibility index (Phi) is 6.20. The SMILES string of the molecule is C=C1CC2OC3OC(C)CCC4C(C)C(CC(C2C)C34)C2CCC3C(C)CCC4C(C)C1OC(O2)C34. The molecule has 7 fully saturated rings. The molecule has 7 rings (SSSR count). The van der Waals surface area contributed by atoms with Gasteiger partial charge in [-0.2, -0.15) is 0 Å². The molecule has 36 heavy (non-hydrogen) atoms. The first kappa shape index (κ1) is 24.6. The number of fused-ring (bicyclic) bond motifs is 5. The molecule has 5 heterocycles. The second-order valence-electron chi connectivity index (χ2n) is 14.4. The van der Waals surface area contributed by atoms with E-state index < -0.39 is 0 Å². The molecule has 202 valence electrons. The smallest absolute Gasteiger partial charge is 0.162 e. The predicted octanol–water partition coefficient (Wildman–Crippen LogP) is 6.83. The molecular weight excluding hydrogens is 448 g/mol. The van der Waals surface area contributed by atoms with E-state index in [2.05, 4.69) is 41.2 Å². The van der Waals surface area contributed by atoms with Crippen molar-refractivity contribution in [3.63, 3.8) is 0 Å². The summed E-state index contributed by atoms with van der Waals surface area (Å²) in [5.74, 6) is 6.88. The van der Waals surface area contributed by atoms with Gasteiger partial charge in [0.25, 0.3) is 0 Å². The van der Waals surface area contributed by atoms with Gasteiger partial charge in [0.05, 0.1) is 24.4 Å². The molecule has 0 aromatic carbocycles. The normalized spacial score (nSPS) is 60.5. The Morgan fingerprint density at radius 3 is 2.08 bits per heavy atom.